The summed E-state index contributed by atoms with van der Waals surface area (Å²) in [5.41, 5.74) is 8.59. The number of hydrogen-bond donors (Lipinski definition) is 3. The van der Waals surface area contributed by atoms with E-state index >= 15 is 0 Å². The molecule has 0 saturated heterocycles. The van der Waals surface area contributed by atoms with E-state index in [1.165, 1.54) is 12.7 Å². The molecule has 6 heteroatoms. The highest BCUT2D eigenvalue weighted by Crippen LogP contribution is 2.27. The number of hydrogen-bond acceptors (Lipinski definition) is 4. The lowest BCUT2D eigenvalue weighted by Crippen LogP contribution is -2.23. The van der Waals surface area contributed by atoms with Crippen LogP contribution in [0.5, 0.6) is 5.75 Å². The van der Waals surface area contributed by atoms with E-state index in [1.54, 1.807) is 18.2 Å². The molecular weight excluding hydrogens is 318 g/mol. The lowest BCUT2D eigenvalue weighted by atomic mass is 10.1. The molecule has 2 amide bonds. The normalized spacial score (nSPS) is 10.2. The first kappa shape index (κ1) is 18.5. The summed E-state index contributed by atoms with van der Waals surface area (Å²) in [6.45, 7) is 1.88. The molecule has 0 heterocycles. The average molecular weight is 341 g/mol. The molecule has 0 radical (unpaired) electrons. The van der Waals surface area contributed by atoms with Gasteiger partial charge in [0.2, 0.25) is 11.8 Å². The number of carbonyl (C=O) groups excluding carboxylic acids is 2. The van der Waals surface area contributed by atoms with Gasteiger partial charge in [0.1, 0.15) is 5.75 Å². The van der Waals surface area contributed by atoms with Gasteiger partial charge in [-0.25, -0.2) is 0 Å². The first-order valence-electron chi connectivity index (χ1n) is 8.05. The highest BCUT2D eigenvalue weighted by Gasteiger charge is 2.11. The van der Waals surface area contributed by atoms with Crippen LogP contribution in [0.4, 0.5) is 11.4 Å². The molecular formula is C19H23N3O3. The second-order valence-corrected chi connectivity index (χ2v) is 5.70. The van der Waals surface area contributed by atoms with E-state index in [4.69, 9.17) is 10.5 Å². The van der Waals surface area contributed by atoms with Crippen molar-refractivity contribution in [2.45, 2.75) is 19.8 Å². The van der Waals surface area contributed by atoms with Crippen LogP contribution in [0.2, 0.25) is 0 Å². The molecule has 25 heavy (non-hydrogen) atoms. The lowest BCUT2D eigenvalue weighted by molar-refractivity contribution is -0.116. The van der Waals surface area contributed by atoms with Crippen molar-refractivity contribution >= 4 is 23.2 Å². The van der Waals surface area contributed by atoms with Crippen molar-refractivity contribution in [3.8, 4) is 5.75 Å². The van der Waals surface area contributed by atoms with Crippen LogP contribution in [0, 0.1) is 6.92 Å². The van der Waals surface area contributed by atoms with Crippen molar-refractivity contribution in [2.75, 3.05) is 24.3 Å². The third kappa shape index (κ3) is 5.61. The van der Waals surface area contributed by atoms with E-state index in [0.717, 1.165) is 5.56 Å². The minimum atomic E-state index is -0.344. The summed E-state index contributed by atoms with van der Waals surface area (Å²) in [5.74, 6) is 0.0994. The molecule has 0 aliphatic rings. The first-order valence-corrected chi connectivity index (χ1v) is 8.05. The maximum absolute atomic E-state index is 12.2. The Morgan fingerprint density at radius 3 is 2.32 bits per heavy atom. The molecule has 0 saturated carbocycles. The standard InChI is InChI=1S/C19H23N3O3/c1-13-3-5-14(6-4-13)7-10-18(23)21-16-9-8-15(25-2)11-17(16)22-19(24)12-20/h3-6,8-9,11H,7,10,12,20H2,1-2H3,(H,21,23)(H,22,24). The molecule has 0 unspecified atom stereocenters. The Morgan fingerprint density at radius 1 is 1.00 bits per heavy atom. The number of methoxy groups -OCH3 is 1. The molecule has 6 nitrogen and oxygen atoms in total. The minimum absolute atomic E-state index is 0.131. The van der Waals surface area contributed by atoms with Gasteiger partial charge < -0.3 is 21.1 Å². The van der Waals surface area contributed by atoms with E-state index in [2.05, 4.69) is 10.6 Å². The molecule has 2 aromatic carbocycles. The number of carbonyl (C=O) groups is 2. The van der Waals surface area contributed by atoms with Gasteiger partial charge in [-0.1, -0.05) is 29.8 Å². The van der Waals surface area contributed by atoms with Gasteiger partial charge in [0, 0.05) is 12.5 Å². The number of nitrogens with two attached hydrogens (primary N) is 1. The third-order valence-corrected chi connectivity index (χ3v) is 3.72. The fourth-order valence-corrected chi connectivity index (χ4v) is 2.29. The highest BCUT2D eigenvalue weighted by atomic mass is 16.5. The summed E-state index contributed by atoms with van der Waals surface area (Å²) in [4.78, 5) is 23.8. The molecule has 4 N–H and O–H groups in total. The molecule has 0 aliphatic carbocycles. The summed E-state index contributed by atoms with van der Waals surface area (Å²) < 4.78 is 5.15. The lowest BCUT2D eigenvalue weighted by Gasteiger charge is -2.13. The average Bonchev–Trinajstić information content (AvgIpc) is 2.62. The summed E-state index contributed by atoms with van der Waals surface area (Å²) in [6.07, 6.45) is 0.992. The van der Waals surface area contributed by atoms with Crippen LogP contribution in [-0.2, 0) is 16.0 Å². The molecule has 2 aromatic rings. The highest BCUT2D eigenvalue weighted by molar-refractivity contribution is 6.00. The second kappa shape index (κ2) is 8.84. The van der Waals surface area contributed by atoms with Crippen molar-refractivity contribution in [2.24, 2.45) is 5.73 Å². The summed E-state index contributed by atoms with van der Waals surface area (Å²) in [6, 6.07) is 13.1. The maximum Gasteiger partial charge on any atom is 0.238 e. The van der Waals surface area contributed by atoms with Crippen molar-refractivity contribution in [3.05, 3.63) is 53.6 Å². The van der Waals surface area contributed by atoms with Crippen LogP contribution < -0.4 is 21.1 Å². The van der Waals surface area contributed by atoms with Gasteiger partial charge in [0.05, 0.1) is 25.0 Å². The number of nitrogens with one attached hydrogen (secondary N) is 2. The van der Waals surface area contributed by atoms with Crippen LogP contribution in [0.15, 0.2) is 42.5 Å². The quantitative estimate of drug-likeness (QED) is 0.721. The summed E-state index contributed by atoms with van der Waals surface area (Å²) >= 11 is 0. The molecule has 2 rings (SSSR count). The second-order valence-electron chi connectivity index (χ2n) is 5.70. The first-order chi connectivity index (χ1) is 12.0. The minimum Gasteiger partial charge on any atom is -0.497 e. The maximum atomic E-state index is 12.2. The zero-order valence-electron chi connectivity index (χ0n) is 14.5. The fraction of sp³-hybridized carbons (Fsp3) is 0.263. The Hall–Kier alpha value is -2.86. The Bertz CT molecular complexity index is 742. The largest absolute Gasteiger partial charge is 0.497 e. The number of anilines is 2. The van der Waals surface area contributed by atoms with Gasteiger partial charge >= 0.3 is 0 Å². The number of benzene rings is 2. The van der Waals surface area contributed by atoms with E-state index in [9.17, 15) is 9.59 Å². The smallest absolute Gasteiger partial charge is 0.238 e. The van der Waals surface area contributed by atoms with Crippen LogP contribution in [0.25, 0.3) is 0 Å². The molecule has 0 fully saturated rings. The third-order valence-electron chi connectivity index (χ3n) is 3.72. The Balaban J connectivity index is 2.03. The van der Waals surface area contributed by atoms with Crippen molar-refractivity contribution < 1.29 is 14.3 Å². The number of amides is 2. The van der Waals surface area contributed by atoms with E-state index in [-0.39, 0.29) is 18.4 Å². The van der Waals surface area contributed by atoms with Crippen LogP contribution in [0.3, 0.4) is 0 Å². The van der Waals surface area contributed by atoms with Gasteiger partial charge in [-0.3, -0.25) is 9.59 Å². The summed E-state index contributed by atoms with van der Waals surface area (Å²) in [7, 11) is 1.53. The van der Waals surface area contributed by atoms with Gasteiger partial charge in [0.25, 0.3) is 0 Å². The van der Waals surface area contributed by atoms with Gasteiger partial charge in [-0.15, -0.1) is 0 Å². The van der Waals surface area contributed by atoms with Gasteiger partial charge in [-0.05, 0) is 31.0 Å². The number of ether oxygens (including phenoxy) is 1. The SMILES string of the molecule is COc1ccc(NC(=O)CCc2ccc(C)cc2)c(NC(=O)CN)c1. The predicted molar refractivity (Wildman–Crippen MR) is 98.8 cm³/mol. The van der Waals surface area contributed by atoms with Gasteiger partial charge in [-0.2, -0.15) is 0 Å². The molecule has 132 valence electrons. The Kier molecular flexibility index (Phi) is 6.54. The van der Waals surface area contributed by atoms with Crippen molar-refractivity contribution in [1.82, 2.24) is 0 Å². The van der Waals surface area contributed by atoms with E-state index in [0.29, 0.717) is 30.0 Å². The van der Waals surface area contributed by atoms with E-state index < -0.39 is 0 Å². The Labute approximate surface area is 147 Å². The van der Waals surface area contributed by atoms with Crippen LogP contribution in [0.1, 0.15) is 17.5 Å². The zero-order valence-corrected chi connectivity index (χ0v) is 14.5. The molecule has 0 bridgehead atoms. The van der Waals surface area contributed by atoms with Crippen LogP contribution in [-0.4, -0.2) is 25.5 Å². The van der Waals surface area contributed by atoms with E-state index in [1.807, 2.05) is 31.2 Å². The van der Waals surface area contributed by atoms with Crippen LogP contribution >= 0.6 is 0 Å². The topological polar surface area (TPSA) is 93.5 Å². The molecule has 0 atom stereocenters. The molecule has 0 spiro atoms. The number of aryl methyl sites for hydroxylation is 2. The van der Waals surface area contributed by atoms with Crippen molar-refractivity contribution in [3.63, 3.8) is 0 Å². The van der Waals surface area contributed by atoms with Gasteiger partial charge in [0.15, 0.2) is 0 Å². The number of rotatable bonds is 7. The monoisotopic (exact) mass is 341 g/mol. The summed E-state index contributed by atoms with van der Waals surface area (Å²) in [5, 5.41) is 5.48. The fourth-order valence-electron chi connectivity index (χ4n) is 2.29. The molecule has 0 aromatic heterocycles. The predicted octanol–water partition coefficient (Wildman–Crippen LogP) is 2.47. The molecule has 0 aliphatic heterocycles. The van der Waals surface area contributed by atoms with Crippen molar-refractivity contribution in [1.29, 1.82) is 0 Å². The Morgan fingerprint density at radius 2 is 1.68 bits per heavy atom. The zero-order chi connectivity index (χ0) is 18.2.